The predicted molar refractivity (Wildman–Crippen MR) is 143 cm³/mol. The molecule has 0 saturated carbocycles. The summed E-state index contributed by atoms with van der Waals surface area (Å²) >= 11 is 0. The topological polar surface area (TPSA) is 116 Å². The fourth-order valence-corrected chi connectivity index (χ4v) is 6.43. The van der Waals surface area contributed by atoms with Crippen molar-refractivity contribution in [2.45, 2.75) is 51.3 Å². The Labute approximate surface area is 221 Å². The number of hydrogen-bond donors (Lipinski definition) is 3. The number of amides is 2. The molecule has 198 valence electrons. The minimum atomic E-state index is -2.05. The third-order valence-electron chi connectivity index (χ3n) is 8.27. The van der Waals surface area contributed by atoms with Crippen LogP contribution < -0.4 is 15.0 Å². The average Bonchev–Trinajstić information content (AvgIpc) is 3.41. The number of aliphatic hydroxyl groups excluding tert-OH is 1. The molecule has 0 radical (unpaired) electrons. The number of aliphatic carboxylic acids is 1. The molecule has 2 heterocycles. The Morgan fingerprint density at radius 2 is 1.63 bits per heavy atom. The second-order valence-electron chi connectivity index (χ2n) is 10.0. The molecule has 3 N–H and O–H groups in total. The van der Waals surface area contributed by atoms with Gasteiger partial charge in [0.2, 0.25) is 11.8 Å². The average molecular weight is 517 g/mol. The van der Waals surface area contributed by atoms with Gasteiger partial charge >= 0.3 is 5.97 Å². The van der Waals surface area contributed by atoms with E-state index in [2.05, 4.69) is 5.32 Å². The molecule has 2 saturated heterocycles. The first kappa shape index (κ1) is 25.9. The lowest BCUT2D eigenvalue weighted by Gasteiger charge is -2.34. The number of aryl methyl sites for hydroxylation is 2. The van der Waals surface area contributed by atoms with Crippen molar-refractivity contribution in [3.8, 4) is 5.75 Å². The monoisotopic (exact) mass is 516 g/mol. The summed E-state index contributed by atoms with van der Waals surface area (Å²) < 4.78 is 5.53. The van der Waals surface area contributed by atoms with Crippen LogP contribution in [0.2, 0.25) is 0 Å². The molecule has 5 unspecified atom stereocenters. The Morgan fingerprint density at radius 1 is 1.00 bits per heavy atom. The quantitative estimate of drug-likeness (QED) is 0.411. The van der Waals surface area contributed by atoms with E-state index in [1.54, 1.807) is 19.2 Å². The van der Waals surface area contributed by atoms with Gasteiger partial charge in [-0.3, -0.25) is 19.7 Å². The van der Waals surface area contributed by atoms with Gasteiger partial charge in [0.05, 0.1) is 30.7 Å². The molecule has 2 aliphatic rings. The van der Waals surface area contributed by atoms with E-state index in [0.717, 1.165) is 21.9 Å². The van der Waals surface area contributed by atoms with Gasteiger partial charge in [-0.1, -0.05) is 62.4 Å². The zero-order valence-electron chi connectivity index (χ0n) is 21.9. The third-order valence-corrected chi connectivity index (χ3v) is 8.27. The minimum Gasteiger partial charge on any atom is -0.496 e. The lowest BCUT2D eigenvalue weighted by Crippen LogP contribution is -2.62. The molecule has 0 aromatic heterocycles. The molecule has 0 bridgehead atoms. The van der Waals surface area contributed by atoms with Crippen LogP contribution in [0.5, 0.6) is 5.75 Å². The van der Waals surface area contributed by atoms with Crippen LogP contribution in [0.25, 0.3) is 10.8 Å². The standard InChI is InChI=1S/C30H32N2O6/c1-5-17-10-9-11-18(6-2)26(17)32-27(34)23-24(28(32)35)30(16(3)33,29(36)37)31-25(23)21-14-15-22(38-4)20-13-8-7-12-19(20)21/h7-16,23-25,31,33H,5-6H2,1-4H3,(H,36,37). The van der Waals surface area contributed by atoms with Crippen molar-refractivity contribution in [1.82, 2.24) is 5.32 Å². The fourth-order valence-electron chi connectivity index (χ4n) is 6.43. The molecule has 0 aliphatic carbocycles. The Morgan fingerprint density at radius 3 is 2.18 bits per heavy atom. The molecule has 3 aromatic rings. The first-order chi connectivity index (χ1) is 18.2. The summed E-state index contributed by atoms with van der Waals surface area (Å²) in [5.74, 6) is -4.12. The van der Waals surface area contributed by atoms with E-state index in [9.17, 15) is 24.6 Å². The van der Waals surface area contributed by atoms with E-state index < -0.39 is 47.3 Å². The van der Waals surface area contributed by atoms with Crippen molar-refractivity contribution < 1.29 is 29.3 Å². The number of ether oxygens (including phenoxy) is 1. The summed E-state index contributed by atoms with van der Waals surface area (Å²) in [5, 5.41) is 26.0. The molecule has 2 fully saturated rings. The van der Waals surface area contributed by atoms with Gasteiger partial charge in [-0.25, -0.2) is 4.90 Å². The van der Waals surface area contributed by atoms with Crippen LogP contribution in [0, 0.1) is 11.8 Å². The van der Waals surface area contributed by atoms with Gasteiger partial charge in [0.25, 0.3) is 0 Å². The van der Waals surface area contributed by atoms with Crippen molar-refractivity contribution in [2.24, 2.45) is 11.8 Å². The van der Waals surface area contributed by atoms with Crippen molar-refractivity contribution in [3.05, 3.63) is 71.3 Å². The highest BCUT2D eigenvalue weighted by atomic mass is 16.5. The Hall–Kier alpha value is -3.75. The van der Waals surface area contributed by atoms with E-state index >= 15 is 0 Å². The lowest BCUT2D eigenvalue weighted by atomic mass is 9.76. The van der Waals surface area contributed by atoms with Crippen LogP contribution in [0.1, 0.15) is 43.5 Å². The number of fused-ring (bicyclic) bond motifs is 2. The Balaban J connectivity index is 1.76. The van der Waals surface area contributed by atoms with Gasteiger partial charge in [0.1, 0.15) is 5.75 Å². The van der Waals surface area contributed by atoms with Crippen LogP contribution in [0.15, 0.2) is 54.6 Å². The smallest absolute Gasteiger partial charge is 0.327 e. The third kappa shape index (κ3) is 3.47. The van der Waals surface area contributed by atoms with Crippen LogP contribution in [-0.2, 0) is 27.2 Å². The number of benzene rings is 3. The van der Waals surface area contributed by atoms with Crippen LogP contribution >= 0.6 is 0 Å². The summed E-state index contributed by atoms with van der Waals surface area (Å²) in [6.07, 6.45) is -0.257. The summed E-state index contributed by atoms with van der Waals surface area (Å²) in [7, 11) is 1.57. The maximum Gasteiger partial charge on any atom is 0.327 e. The zero-order chi connectivity index (χ0) is 27.4. The van der Waals surface area contributed by atoms with E-state index in [1.807, 2.05) is 56.3 Å². The van der Waals surface area contributed by atoms with Gasteiger partial charge in [-0.15, -0.1) is 0 Å². The SMILES string of the molecule is CCc1cccc(CC)c1N1C(=O)C2C(c3ccc(OC)c4ccccc34)NC(C(=O)O)(C(C)O)C2C1=O. The van der Waals surface area contributed by atoms with Crippen molar-refractivity contribution in [2.75, 3.05) is 12.0 Å². The molecule has 38 heavy (non-hydrogen) atoms. The number of aliphatic hydroxyl groups is 1. The number of hydrogen-bond acceptors (Lipinski definition) is 6. The molecule has 0 spiro atoms. The molecule has 2 aliphatic heterocycles. The second-order valence-corrected chi connectivity index (χ2v) is 10.0. The Kier molecular flexibility index (Phi) is 6.49. The number of nitrogens with one attached hydrogen (secondary N) is 1. The maximum absolute atomic E-state index is 14.3. The largest absolute Gasteiger partial charge is 0.496 e. The first-order valence-corrected chi connectivity index (χ1v) is 13.0. The van der Waals surface area contributed by atoms with Gasteiger partial charge in [-0.05, 0) is 47.9 Å². The first-order valence-electron chi connectivity index (χ1n) is 13.0. The molecule has 8 heteroatoms. The molecule has 2 amide bonds. The van der Waals surface area contributed by atoms with Gasteiger partial charge in [-0.2, -0.15) is 0 Å². The number of anilines is 1. The van der Waals surface area contributed by atoms with Crippen LogP contribution in [-0.4, -0.2) is 46.7 Å². The van der Waals surface area contributed by atoms with E-state index in [4.69, 9.17) is 4.74 Å². The van der Waals surface area contributed by atoms with Crippen LogP contribution in [0.4, 0.5) is 5.69 Å². The zero-order valence-corrected chi connectivity index (χ0v) is 21.9. The number of carboxylic acids is 1. The van der Waals surface area contributed by atoms with E-state index in [0.29, 0.717) is 29.8 Å². The number of nitrogens with zero attached hydrogens (tertiary/aromatic N) is 1. The van der Waals surface area contributed by atoms with E-state index in [-0.39, 0.29) is 0 Å². The highest BCUT2D eigenvalue weighted by Crippen LogP contribution is 2.53. The number of rotatable bonds is 7. The highest BCUT2D eigenvalue weighted by Gasteiger charge is 2.70. The van der Waals surface area contributed by atoms with Crippen molar-refractivity contribution in [3.63, 3.8) is 0 Å². The number of methoxy groups -OCH3 is 1. The summed E-state index contributed by atoms with van der Waals surface area (Å²) in [4.78, 5) is 42.5. The van der Waals surface area contributed by atoms with E-state index in [1.165, 1.54) is 11.8 Å². The number of imide groups is 1. The normalized spacial score (nSPS) is 25.6. The molecular formula is C30H32N2O6. The van der Waals surface area contributed by atoms with Crippen molar-refractivity contribution >= 4 is 34.2 Å². The number of para-hydroxylation sites is 1. The fraction of sp³-hybridized carbons (Fsp3) is 0.367. The maximum atomic E-state index is 14.3. The molecule has 3 aromatic carbocycles. The number of carboxylic acid groups (broad SMARTS) is 1. The highest BCUT2D eigenvalue weighted by molar-refractivity contribution is 6.25. The lowest BCUT2D eigenvalue weighted by molar-refractivity contribution is -0.154. The molecule has 5 rings (SSSR count). The second kappa shape index (κ2) is 9.53. The van der Waals surface area contributed by atoms with Gasteiger partial charge in [0.15, 0.2) is 5.54 Å². The van der Waals surface area contributed by atoms with Crippen molar-refractivity contribution in [1.29, 1.82) is 0 Å². The number of carbonyl (C=O) groups excluding carboxylic acids is 2. The van der Waals surface area contributed by atoms with Gasteiger partial charge in [0, 0.05) is 11.4 Å². The molecule has 8 nitrogen and oxygen atoms in total. The summed E-state index contributed by atoms with van der Waals surface area (Å²) in [5.41, 5.74) is 0.824. The molecule has 5 atom stereocenters. The van der Waals surface area contributed by atoms with Gasteiger partial charge < -0.3 is 14.9 Å². The molecular weight excluding hydrogens is 484 g/mol. The minimum absolute atomic E-state index is 0.461. The summed E-state index contributed by atoms with van der Waals surface area (Å²) in [6.45, 7) is 5.26. The Bertz CT molecular complexity index is 1430. The predicted octanol–water partition coefficient (Wildman–Crippen LogP) is 3.63. The number of carbonyl (C=O) groups is 3. The van der Waals surface area contributed by atoms with Crippen LogP contribution in [0.3, 0.4) is 0 Å². The summed E-state index contributed by atoms with van der Waals surface area (Å²) in [6, 6.07) is 15.9.